The van der Waals surface area contributed by atoms with Crippen LogP contribution < -0.4 is 19.7 Å². The zero-order valence-electron chi connectivity index (χ0n) is 41.0. The van der Waals surface area contributed by atoms with Crippen LogP contribution in [-0.2, 0) is 9.47 Å². The average Bonchev–Trinajstić information content (AvgIpc) is 3.98. The molecule has 0 radical (unpaired) electrons. The summed E-state index contributed by atoms with van der Waals surface area (Å²) in [7, 11) is -2.33. The molecule has 3 saturated heterocycles. The third-order valence-electron chi connectivity index (χ3n) is 15.1. The molecule has 9 rings (SSSR count). The smallest absolute Gasteiger partial charge is 0.412 e. The summed E-state index contributed by atoms with van der Waals surface area (Å²) in [5.41, 5.74) is 3.73. The van der Waals surface area contributed by atoms with Crippen LogP contribution in [0, 0.1) is 28.5 Å². The number of nitrogens with one attached hydrogen (secondary N) is 1. The average molecular weight is 954 g/mol. The number of nitrogens with zero attached hydrogens (tertiary/aromatic N) is 6. The Hall–Kier alpha value is -5.31. The molecule has 2 amide bonds. The lowest BCUT2D eigenvalue weighted by Crippen LogP contribution is -2.64. The highest BCUT2D eigenvalue weighted by atomic mass is 28.3. The second-order valence-electron chi connectivity index (χ2n) is 21.6. The van der Waals surface area contributed by atoms with Crippen LogP contribution in [-0.4, -0.2) is 126 Å². The standard InChI is InChI=1S/C51H65F2N7O7Si/c1-28(2)68(29(3)4,30(5)6)23-16-32-12-11-13-34-38(32)35(24-36(40(34)52)54-48(61)67-50(8,9)10)42-41(53)43-39-45(57-47(56-43)65-27-51(17-18-51)26-58-19-21-64-22-20-58)59-25-33-14-15-37(60(33)49(62)63)44(59)31(7)66-46(39)55-42/h11-13,24,28-31,33,37,44H,14-15,17-22,25-27H2,1-10H3,(H,54,61)(H,62,63)/t31-,33+,37?,44?/m0/s1. The molecule has 0 spiro atoms. The molecule has 2 aromatic carbocycles. The van der Waals surface area contributed by atoms with Gasteiger partial charge in [-0.25, -0.2) is 23.4 Å². The Bertz CT molecular complexity index is 2690. The molecule has 4 atom stereocenters. The maximum absolute atomic E-state index is 18.3. The first-order valence-electron chi connectivity index (χ1n) is 24.3. The number of morpholine rings is 1. The van der Waals surface area contributed by atoms with E-state index in [1.807, 2.05) is 17.9 Å². The molecule has 2 aromatic heterocycles. The summed E-state index contributed by atoms with van der Waals surface area (Å²) in [5.74, 6) is 2.31. The molecule has 4 fully saturated rings. The molecular formula is C51H65F2N7O7Si. The number of hydrogen-bond acceptors (Lipinski definition) is 11. The number of carbonyl (C=O) groups excluding carboxylic acids is 1. The number of carboxylic acid groups (broad SMARTS) is 1. The zero-order valence-corrected chi connectivity index (χ0v) is 42.0. The molecule has 4 aliphatic heterocycles. The van der Waals surface area contributed by atoms with Gasteiger partial charge in [0.15, 0.2) is 11.6 Å². The Morgan fingerprint density at radius 1 is 1.00 bits per heavy atom. The van der Waals surface area contributed by atoms with E-state index in [4.69, 9.17) is 33.9 Å². The summed E-state index contributed by atoms with van der Waals surface area (Å²) in [6.07, 6.45) is 0.661. The molecule has 17 heteroatoms. The highest BCUT2D eigenvalue weighted by Crippen LogP contribution is 2.50. The second-order valence-corrected chi connectivity index (χ2v) is 27.1. The van der Waals surface area contributed by atoms with Crippen LogP contribution in [0.25, 0.3) is 32.9 Å². The van der Waals surface area contributed by atoms with Gasteiger partial charge in [-0.05, 0) is 82.1 Å². The molecule has 1 saturated carbocycles. The molecule has 2 unspecified atom stereocenters. The number of fused-ring (bicyclic) bond motifs is 6. The Morgan fingerprint density at radius 3 is 2.35 bits per heavy atom. The molecule has 2 bridgehead atoms. The van der Waals surface area contributed by atoms with Gasteiger partial charge in [-0.3, -0.25) is 15.1 Å². The number of carbonyl (C=O) groups is 2. The summed E-state index contributed by atoms with van der Waals surface area (Å²) < 4.78 is 59.8. The van der Waals surface area contributed by atoms with Crippen molar-refractivity contribution in [1.82, 2.24) is 24.8 Å². The highest BCUT2D eigenvalue weighted by molar-refractivity contribution is 6.90. The van der Waals surface area contributed by atoms with Crippen LogP contribution in [0.1, 0.15) is 100 Å². The Kier molecular flexibility index (Phi) is 12.6. The first kappa shape index (κ1) is 47.7. The van der Waals surface area contributed by atoms with Gasteiger partial charge >= 0.3 is 18.2 Å². The van der Waals surface area contributed by atoms with Crippen LogP contribution in [0.5, 0.6) is 11.9 Å². The molecule has 2 N–H and O–H groups in total. The fourth-order valence-electron chi connectivity index (χ4n) is 11.8. The normalized spacial score (nSPS) is 22.2. The molecule has 5 aliphatic rings. The Morgan fingerprint density at radius 2 is 1.71 bits per heavy atom. The van der Waals surface area contributed by atoms with Crippen molar-refractivity contribution in [2.24, 2.45) is 5.41 Å². The van der Waals surface area contributed by atoms with Crippen LogP contribution in [0.4, 0.5) is 29.9 Å². The molecule has 1 aliphatic carbocycles. The largest absolute Gasteiger partial charge is 0.472 e. The van der Waals surface area contributed by atoms with Crippen molar-refractivity contribution in [3.8, 4) is 34.6 Å². The number of benzene rings is 2. The van der Waals surface area contributed by atoms with E-state index in [9.17, 15) is 14.7 Å². The van der Waals surface area contributed by atoms with E-state index in [0.29, 0.717) is 72.6 Å². The van der Waals surface area contributed by atoms with E-state index >= 15 is 8.78 Å². The van der Waals surface area contributed by atoms with Crippen molar-refractivity contribution in [2.45, 2.75) is 141 Å². The Balaban J connectivity index is 1.26. The number of anilines is 2. The van der Waals surface area contributed by atoms with Gasteiger partial charge < -0.3 is 29.0 Å². The lowest BCUT2D eigenvalue weighted by molar-refractivity contribution is 0.0231. The predicted molar refractivity (Wildman–Crippen MR) is 260 cm³/mol. The fraction of sp³-hybridized carbons (Fsp3) is 0.588. The maximum atomic E-state index is 18.3. The monoisotopic (exact) mass is 953 g/mol. The summed E-state index contributed by atoms with van der Waals surface area (Å²) in [5, 5.41) is 13.6. The molecule has 364 valence electrons. The molecular weight excluding hydrogens is 889 g/mol. The number of halogens is 2. The van der Waals surface area contributed by atoms with Gasteiger partial charge in [0.05, 0.1) is 43.6 Å². The fourth-order valence-corrected chi connectivity index (χ4v) is 17.0. The number of ether oxygens (including phenoxy) is 4. The van der Waals surface area contributed by atoms with Crippen molar-refractivity contribution in [3.63, 3.8) is 0 Å². The second kappa shape index (κ2) is 17.9. The van der Waals surface area contributed by atoms with Crippen molar-refractivity contribution in [1.29, 1.82) is 0 Å². The van der Waals surface area contributed by atoms with Crippen LogP contribution in [0.15, 0.2) is 24.3 Å². The first-order valence-corrected chi connectivity index (χ1v) is 26.5. The third-order valence-corrected chi connectivity index (χ3v) is 21.4. The van der Waals surface area contributed by atoms with E-state index in [-0.39, 0.29) is 56.6 Å². The molecule has 14 nitrogen and oxygen atoms in total. The number of aromatic nitrogens is 3. The summed E-state index contributed by atoms with van der Waals surface area (Å²) in [6.45, 7) is 24.7. The number of rotatable bonds is 10. The quantitative estimate of drug-likeness (QED) is 0.115. The number of pyridine rings is 1. The minimum Gasteiger partial charge on any atom is -0.472 e. The van der Waals surface area contributed by atoms with Gasteiger partial charge in [-0.2, -0.15) is 9.97 Å². The van der Waals surface area contributed by atoms with Crippen LogP contribution in [0.2, 0.25) is 16.6 Å². The van der Waals surface area contributed by atoms with E-state index in [1.165, 1.54) is 11.0 Å². The lowest BCUT2D eigenvalue weighted by atomic mass is 9.95. The highest BCUT2D eigenvalue weighted by Gasteiger charge is 2.53. The van der Waals surface area contributed by atoms with Gasteiger partial charge in [0.25, 0.3) is 0 Å². The van der Waals surface area contributed by atoms with Crippen molar-refractivity contribution >= 4 is 53.4 Å². The first-order chi connectivity index (χ1) is 32.2. The van der Waals surface area contributed by atoms with Crippen LogP contribution in [0.3, 0.4) is 0 Å². The van der Waals surface area contributed by atoms with Gasteiger partial charge in [-0.1, -0.05) is 59.6 Å². The topological polar surface area (TPSA) is 152 Å². The lowest BCUT2D eigenvalue weighted by Gasteiger charge is -2.47. The predicted octanol–water partition coefficient (Wildman–Crippen LogP) is 10.0. The van der Waals surface area contributed by atoms with E-state index in [1.54, 1.807) is 32.9 Å². The van der Waals surface area contributed by atoms with Gasteiger partial charge in [-0.15, -0.1) is 5.54 Å². The zero-order chi connectivity index (χ0) is 48.6. The van der Waals surface area contributed by atoms with Gasteiger partial charge in [0, 0.05) is 53.5 Å². The number of piperazine rings is 1. The number of amides is 2. The van der Waals surface area contributed by atoms with E-state index in [0.717, 1.165) is 32.5 Å². The SMILES string of the molecule is CC(C)[Si](C#Cc1cccc2c(F)c(NC(=O)OC(C)(C)C)cc(-c3nc4c5c(nc(OCC6(CN7CCOCC7)CC6)nc5c3F)N3C[C@H]5CCC(C3[C@H](C)O4)N5C(=O)O)c12)(C(C)C)C(C)C. The summed E-state index contributed by atoms with van der Waals surface area (Å²) in [6, 6.07) is 5.21. The summed E-state index contributed by atoms with van der Waals surface area (Å²) in [4.78, 5) is 46.8. The van der Waals surface area contributed by atoms with Crippen molar-refractivity contribution in [2.75, 3.05) is 56.2 Å². The molecule has 68 heavy (non-hydrogen) atoms. The van der Waals surface area contributed by atoms with Crippen LogP contribution >= 0.6 is 0 Å². The summed E-state index contributed by atoms with van der Waals surface area (Å²) >= 11 is 0. The Labute approximate surface area is 398 Å². The third kappa shape index (κ3) is 8.59. The van der Waals surface area contributed by atoms with E-state index in [2.05, 4.69) is 63.2 Å². The maximum Gasteiger partial charge on any atom is 0.412 e. The van der Waals surface area contributed by atoms with Gasteiger partial charge in [0.1, 0.15) is 42.2 Å². The minimum absolute atomic E-state index is 0.0239. The minimum atomic E-state index is -2.33. The van der Waals surface area contributed by atoms with Crippen molar-refractivity contribution < 1.29 is 42.4 Å². The number of hydrogen-bond donors (Lipinski definition) is 2. The van der Waals surface area contributed by atoms with Crippen molar-refractivity contribution in [3.05, 3.63) is 41.5 Å². The van der Waals surface area contributed by atoms with Gasteiger partial charge in [0.2, 0.25) is 5.88 Å². The molecule has 6 heterocycles. The van der Waals surface area contributed by atoms with E-state index < -0.39 is 55.7 Å². The molecule has 4 aromatic rings.